The number of carbonyl (C=O) groups excluding carboxylic acids is 1. The third-order valence-electron chi connectivity index (χ3n) is 5.21. The van der Waals surface area contributed by atoms with Gasteiger partial charge >= 0.3 is 5.97 Å². The van der Waals surface area contributed by atoms with E-state index in [-0.39, 0.29) is 19.8 Å². The first kappa shape index (κ1) is 22.1. The molecule has 0 saturated carbocycles. The summed E-state index contributed by atoms with van der Waals surface area (Å²) >= 11 is 0. The third-order valence-corrected chi connectivity index (χ3v) is 5.21. The zero-order chi connectivity index (χ0) is 22.2. The number of esters is 1. The van der Waals surface area contributed by atoms with Crippen molar-refractivity contribution >= 4 is 5.97 Å². The van der Waals surface area contributed by atoms with E-state index in [9.17, 15) is 9.18 Å². The molecule has 0 bridgehead atoms. The van der Waals surface area contributed by atoms with Crippen LogP contribution in [0.15, 0.2) is 91.0 Å². The van der Waals surface area contributed by atoms with Gasteiger partial charge in [0, 0.05) is 0 Å². The Bertz CT molecular complexity index is 967. The fraction of sp³-hybridized carbons (Fsp3) is 0.269. The van der Waals surface area contributed by atoms with Crippen LogP contribution in [-0.2, 0) is 32.2 Å². The second-order valence-corrected chi connectivity index (χ2v) is 7.51. The minimum atomic E-state index is -1.69. The molecule has 3 aromatic carbocycles. The van der Waals surface area contributed by atoms with Crippen molar-refractivity contribution in [3.8, 4) is 0 Å². The van der Waals surface area contributed by atoms with E-state index in [1.807, 2.05) is 66.7 Å². The molecule has 6 heteroatoms. The van der Waals surface area contributed by atoms with Crippen LogP contribution in [0.3, 0.4) is 0 Å². The molecule has 0 amide bonds. The van der Waals surface area contributed by atoms with Crippen molar-refractivity contribution in [1.82, 2.24) is 0 Å². The summed E-state index contributed by atoms with van der Waals surface area (Å²) in [5, 5.41) is 0. The monoisotopic (exact) mass is 436 g/mol. The summed E-state index contributed by atoms with van der Waals surface area (Å²) in [5.41, 5.74) is 2.28. The number of alkyl halides is 1. The van der Waals surface area contributed by atoms with Crippen LogP contribution in [-0.4, -0.2) is 37.2 Å². The molecular formula is C26H25FO5. The summed E-state index contributed by atoms with van der Waals surface area (Å²) in [5.74, 6) is -0.500. The number of hydrogen-bond donors (Lipinski definition) is 0. The zero-order valence-corrected chi connectivity index (χ0v) is 17.5. The normalized spacial score (nSPS) is 22.5. The van der Waals surface area contributed by atoms with Crippen LogP contribution in [0.25, 0.3) is 0 Å². The van der Waals surface area contributed by atoms with Gasteiger partial charge in [-0.3, -0.25) is 0 Å². The molecule has 1 heterocycles. The van der Waals surface area contributed by atoms with E-state index in [2.05, 4.69) is 0 Å². The smallest absolute Gasteiger partial charge is 0.338 e. The summed E-state index contributed by atoms with van der Waals surface area (Å²) in [6.45, 7) is 0.339. The van der Waals surface area contributed by atoms with Gasteiger partial charge in [0.2, 0.25) is 6.36 Å². The number of benzene rings is 3. The minimum Gasteiger partial charge on any atom is -0.459 e. The number of halogens is 1. The molecule has 32 heavy (non-hydrogen) atoms. The molecule has 0 radical (unpaired) electrons. The Morgan fingerprint density at radius 3 is 1.81 bits per heavy atom. The summed E-state index contributed by atoms with van der Waals surface area (Å²) in [6.07, 6.45) is -4.17. The van der Waals surface area contributed by atoms with E-state index in [1.54, 1.807) is 24.3 Å². The first-order valence-corrected chi connectivity index (χ1v) is 10.5. The Labute approximate surface area is 186 Å². The van der Waals surface area contributed by atoms with Gasteiger partial charge in [0.15, 0.2) is 0 Å². The van der Waals surface area contributed by atoms with E-state index in [1.165, 1.54) is 0 Å². The van der Waals surface area contributed by atoms with Crippen molar-refractivity contribution < 1.29 is 28.1 Å². The van der Waals surface area contributed by atoms with Crippen LogP contribution >= 0.6 is 0 Å². The average Bonchev–Trinajstić information content (AvgIpc) is 3.15. The highest BCUT2D eigenvalue weighted by Crippen LogP contribution is 2.29. The Morgan fingerprint density at radius 2 is 1.25 bits per heavy atom. The highest BCUT2D eigenvalue weighted by atomic mass is 19.1. The van der Waals surface area contributed by atoms with Crippen molar-refractivity contribution in [3.63, 3.8) is 0 Å². The molecule has 3 aromatic rings. The van der Waals surface area contributed by atoms with Gasteiger partial charge in [0.25, 0.3) is 0 Å². The SMILES string of the molecule is O=C(OC[C@H]1O[C@@H](F)C(OCc2ccccc2)C1OCc1ccccc1)c1ccccc1. The lowest BCUT2D eigenvalue weighted by Crippen LogP contribution is -2.38. The van der Waals surface area contributed by atoms with Crippen LogP contribution in [0.5, 0.6) is 0 Å². The van der Waals surface area contributed by atoms with Gasteiger partial charge in [-0.1, -0.05) is 78.9 Å². The lowest BCUT2D eigenvalue weighted by Gasteiger charge is -2.23. The Balaban J connectivity index is 1.42. The Morgan fingerprint density at radius 1 is 0.750 bits per heavy atom. The van der Waals surface area contributed by atoms with Crippen LogP contribution in [0, 0.1) is 0 Å². The maximum Gasteiger partial charge on any atom is 0.338 e. The van der Waals surface area contributed by atoms with Crippen molar-refractivity contribution in [3.05, 3.63) is 108 Å². The first-order valence-electron chi connectivity index (χ1n) is 10.5. The molecule has 166 valence electrons. The van der Waals surface area contributed by atoms with Crippen LogP contribution in [0.2, 0.25) is 0 Å². The van der Waals surface area contributed by atoms with E-state index in [4.69, 9.17) is 18.9 Å². The Hall–Kier alpha value is -3.06. The third kappa shape index (κ3) is 5.79. The van der Waals surface area contributed by atoms with Crippen molar-refractivity contribution in [1.29, 1.82) is 0 Å². The van der Waals surface area contributed by atoms with E-state index < -0.39 is 30.6 Å². The van der Waals surface area contributed by atoms with Crippen LogP contribution in [0.4, 0.5) is 4.39 Å². The predicted molar refractivity (Wildman–Crippen MR) is 117 cm³/mol. The van der Waals surface area contributed by atoms with Gasteiger partial charge < -0.3 is 18.9 Å². The molecule has 0 spiro atoms. The highest BCUT2D eigenvalue weighted by molar-refractivity contribution is 5.89. The topological polar surface area (TPSA) is 54.0 Å². The quantitative estimate of drug-likeness (QED) is 0.455. The molecule has 0 aliphatic carbocycles. The molecule has 1 saturated heterocycles. The van der Waals surface area contributed by atoms with E-state index in [0.717, 1.165) is 11.1 Å². The van der Waals surface area contributed by atoms with Crippen molar-refractivity contribution in [2.24, 2.45) is 0 Å². The number of hydrogen-bond acceptors (Lipinski definition) is 5. The second-order valence-electron chi connectivity index (χ2n) is 7.51. The van der Waals surface area contributed by atoms with Gasteiger partial charge in [-0.2, -0.15) is 0 Å². The fourth-order valence-corrected chi connectivity index (χ4v) is 3.54. The van der Waals surface area contributed by atoms with Gasteiger partial charge in [-0.05, 0) is 23.3 Å². The standard InChI is InChI=1S/C26H25FO5/c27-25-24(30-17-20-12-6-2-7-13-20)23(29-16-19-10-4-1-5-11-19)22(32-25)18-31-26(28)21-14-8-3-9-15-21/h1-15,22-25H,16-18H2/t22-,23?,24?,25-/m1/s1. The molecular weight excluding hydrogens is 411 g/mol. The van der Waals surface area contributed by atoms with Gasteiger partial charge in [-0.25, -0.2) is 9.18 Å². The maximum absolute atomic E-state index is 14.8. The first-order chi connectivity index (χ1) is 15.7. The number of ether oxygens (including phenoxy) is 4. The lowest BCUT2D eigenvalue weighted by molar-refractivity contribution is -0.108. The Kier molecular flexibility index (Phi) is 7.61. The molecule has 0 aromatic heterocycles. The molecule has 5 nitrogen and oxygen atoms in total. The summed E-state index contributed by atoms with van der Waals surface area (Å²) in [6, 6.07) is 27.7. The maximum atomic E-state index is 14.8. The molecule has 0 N–H and O–H groups in total. The second kappa shape index (κ2) is 11.0. The molecule has 2 unspecified atom stereocenters. The fourth-order valence-electron chi connectivity index (χ4n) is 3.54. The molecule has 4 atom stereocenters. The lowest BCUT2D eigenvalue weighted by atomic mass is 10.1. The summed E-state index contributed by atoms with van der Waals surface area (Å²) in [4.78, 5) is 12.3. The molecule has 4 rings (SSSR count). The molecule has 1 fully saturated rings. The zero-order valence-electron chi connectivity index (χ0n) is 17.5. The van der Waals surface area contributed by atoms with E-state index >= 15 is 0 Å². The molecule has 1 aliphatic rings. The largest absolute Gasteiger partial charge is 0.459 e. The number of carbonyl (C=O) groups is 1. The van der Waals surface area contributed by atoms with Crippen LogP contribution in [0.1, 0.15) is 21.5 Å². The van der Waals surface area contributed by atoms with Crippen molar-refractivity contribution in [2.45, 2.75) is 37.9 Å². The minimum absolute atomic E-state index is 0.140. The summed E-state index contributed by atoms with van der Waals surface area (Å²) in [7, 11) is 0. The number of rotatable bonds is 9. The van der Waals surface area contributed by atoms with Gasteiger partial charge in [0.1, 0.15) is 24.9 Å². The average molecular weight is 436 g/mol. The van der Waals surface area contributed by atoms with Gasteiger partial charge in [0.05, 0.1) is 18.8 Å². The highest BCUT2D eigenvalue weighted by Gasteiger charge is 2.47. The predicted octanol–water partition coefficient (Wildman–Crippen LogP) is 4.71. The van der Waals surface area contributed by atoms with E-state index in [0.29, 0.717) is 5.56 Å². The molecule has 1 aliphatic heterocycles. The van der Waals surface area contributed by atoms with Crippen molar-refractivity contribution in [2.75, 3.05) is 6.61 Å². The van der Waals surface area contributed by atoms with Crippen LogP contribution < -0.4 is 0 Å². The summed E-state index contributed by atoms with van der Waals surface area (Å²) < 4.78 is 37.5. The van der Waals surface area contributed by atoms with Gasteiger partial charge in [-0.15, -0.1) is 0 Å².